The van der Waals surface area contributed by atoms with Crippen molar-refractivity contribution in [1.82, 2.24) is 14.7 Å². The van der Waals surface area contributed by atoms with Gasteiger partial charge in [-0.1, -0.05) is 42.5 Å². The first-order chi connectivity index (χ1) is 20.5. The monoisotopic (exact) mass is 568 g/mol. The van der Waals surface area contributed by atoms with Gasteiger partial charge in [-0.15, -0.1) is 0 Å². The summed E-state index contributed by atoms with van der Waals surface area (Å²) >= 11 is 0. The summed E-state index contributed by atoms with van der Waals surface area (Å²) in [5.74, 6) is 0.841. The molecule has 0 N–H and O–H groups in total. The third-order valence-electron chi connectivity index (χ3n) is 9.57. The lowest BCUT2D eigenvalue weighted by atomic mass is 9.86. The van der Waals surface area contributed by atoms with Gasteiger partial charge in [0.05, 0.1) is 13.2 Å². The number of amides is 1. The summed E-state index contributed by atoms with van der Waals surface area (Å²) in [7, 11) is 0. The number of hydrogen-bond acceptors (Lipinski definition) is 6. The highest BCUT2D eigenvalue weighted by Gasteiger charge is 2.35. The number of ether oxygens (including phenoxy) is 1. The van der Waals surface area contributed by atoms with Gasteiger partial charge in [0, 0.05) is 76.1 Å². The van der Waals surface area contributed by atoms with Gasteiger partial charge in [-0.25, -0.2) is 0 Å². The maximum absolute atomic E-state index is 13.4. The van der Waals surface area contributed by atoms with Crippen molar-refractivity contribution >= 4 is 28.2 Å². The quantitative estimate of drug-likeness (QED) is 0.368. The molecule has 0 unspecified atom stereocenters. The Kier molecular flexibility index (Phi) is 9.18. The van der Waals surface area contributed by atoms with Crippen LogP contribution in [-0.2, 0) is 16.1 Å². The molecule has 7 heteroatoms. The fraction of sp³-hybridized carbons (Fsp3) is 0.486. The minimum atomic E-state index is 0.0856. The van der Waals surface area contributed by atoms with Crippen molar-refractivity contribution in [2.24, 2.45) is 5.92 Å². The number of hydrogen-bond donors (Lipinski definition) is 0. The summed E-state index contributed by atoms with van der Waals surface area (Å²) in [6, 6.07) is 23.7. The van der Waals surface area contributed by atoms with Crippen LogP contribution in [-0.4, -0.2) is 98.0 Å². The van der Waals surface area contributed by atoms with E-state index >= 15 is 0 Å². The number of fused-ring (bicyclic) bond motifs is 1. The van der Waals surface area contributed by atoms with E-state index in [0.29, 0.717) is 18.4 Å². The Morgan fingerprint density at radius 2 is 1.57 bits per heavy atom. The van der Waals surface area contributed by atoms with E-state index in [0.717, 1.165) is 96.2 Å². The van der Waals surface area contributed by atoms with Gasteiger partial charge < -0.3 is 14.5 Å². The Morgan fingerprint density at radius 1 is 0.833 bits per heavy atom. The molecule has 0 saturated carbocycles. The number of likely N-dealkylation sites (tertiary alicyclic amines) is 1. The summed E-state index contributed by atoms with van der Waals surface area (Å²) < 4.78 is 5.67. The van der Waals surface area contributed by atoms with Crippen molar-refractivity contribution in [1.29, 1.82) is 0 Å². The maximum Gasteiger partial charge on any atom is 0.222 e. The predicted molar refractivity (Wildman–Crippen MR) is 168 cm³/mol. The number of benzene rings is 3. The molecule has 3 fully saturated rings. The Labute approximate surface area is 250 Å². The van der Waals surface area contributed by atoms with E-state index < -0.39 is 0 Å². The van der Waals surface area contributed by atoms with Gasteiger partial charge in [0.25, 0.3) is 0 Å². The van der Waals surface area contributed by atoms with Gasteiger partial charge in [0.1, 0.15) is 0 Å². The standard InChI is InChI=1S/C35H44N4O3/c1-27(40)28-9-12-32(13-10-28)37-17-19-39(20-18-37)35(41)14-11-31-26-36(16-15-34(31)38-21-23-42-24-22-38)25-30-7-4-6-29-5-2-3-8-33(29)30/h2-10,12-13,31,34H,11,14-26H2,1H3/t31-,34+/m0/s1. The zero-order valence-electron chi connectivity index (χ0n) is 24.9. The number of carbonyl (C=O) groups excluding carboxylic acids is 2. The zero-order chi connectivity index (χ0) is 28.9. The van der Waals surface area contributed by atoms with Crippen LogP contribution in [0.15, 0.2) is 66.7 Å². The second-order valence-electron chi connectivity index (χ2n) is 12.1. The van der Waals surface area contributed by atoms with E-state index in [1.807, 2.05) is 24.3 Å². The number of nitrogens with zero attached hydrogens (tertiary/aromatic N) is 4. The molecular weight excluding hydrogens is 524 g/mol. The minimum absolute atomic E-state index is 0.0856. The second-order valence-corrected chi connectivity index (χ2v) is 12.1. The van der Waals surface area contributed by atoms with Gasteiger partial charge in [-0.05, 0) is 72.8 Å². The SMILES string of the molecule is CC(=O)c1ccc(N2CCN(C(=O)CC[C@H]3CN(Cc4cccc5ccccc45)CC[C@H]3N3CCOCC3)CC2)cc1. The van der Waals surface area contributed by atoms with Crippen molar-refractivity contribution < 1.29 is 14.3 Å². The summed E-state index contributed by atoms with van der Waals surface area (Å²) in [5.41, 5.74) is 3.25. The van der Waals surface area contributed by atoms with Crippen LogP contribution in [0.3, 0.4) is 0 Å². The molecule has 3 aromatic rings. The highest BCUT2D eigenvalue weighted by molar-refractivity contribution is 5.94. The first-order valence-corrected chi connectivity index (χ1v) is 15.7. The summed E-state index contributed by atoms with van der Waals surface area (Å²) in [5, 5.41) is 2.64. The maximum atomic E-state index is 13.4. The molecule has 3 saturated heterocycles. The average molecular weight is 569 g/mol. The molecule has 42 heavy (non-hydrogen) atoms. The van der Waals surface area contributed by atoms with Crippen molar-refractivity contribution in [2.75, 3.05) is 70.5 Å². The normalized spacial score (nSPS) is 22.4. The minimum Gasteiger partial charge on any atom is -0.379 e. The lowest BCUT2D eigenvalue weighted by Crippen LogP contribution is -2.54. The Hall–Kier alpha value is -3.26. The van der Waals surface area contributed by atoms with E-state index in [-0.39, 0.29) is 11.7 Å². The Bertz CT molecular complexity index is 1360. The largest absolute Gasteiger partial charge is 0.379 e. The first kappa shape index (κ1) is 28.8. The van der Waals surface area contributed by atoms with Gasteiger partial charge in [-0.3, -0.25) is 19.4 Å². The van der Waals surface area contributed by atoms with Crippen molar-refractivity contribution in [3.05, 3.63) is 77.9 Å². The number of morpholine rings is 1. The fourth-order valence-corrected chi connectivity index (χ4v) is 7.17. The molecule has 3 heterocycles. The average Bonchev–Trinajstić information content (AvgIpc) is 3.04. The number of ketones is 1. The molecule has 222 valence electrons. The second kappa shape index (κ2) is 13.4. The van der Waals surface area contributed by atoms with Crippen molar-refractivity contribution in [2.45, 2.75) is 38.8 Å². The van der Waals surface area contributed by atoms with E-state index in [4.69, 9.17) is 4.74 Å². The van der Waals surface area contributed by atoms with Crippen LogP contribution in [0.4, 0.5) is 5.69 Å². The van der Waals surface area contributed by atoms with E-state index in [1.54, 1.807) is 6.92 Å². The van der Waals surface area contributed by atoms with Crippen LogP contribution < -0.4 is 4.90 Å². The van der Waals surface area contributed by atoms with Crippen LogP contribution in [0, 0.1) is 5.92 Å². The summed E-state index contributed by atoms with van der Waals surface area (Å²) in [6.07, 6.45) is 2.69. The van der Waals surface area contributed by atoms with Gasteiger partial charge >= 0.3 is 0 Å². The highest BCUT2D eigenvalue weighted by Crippen LogP contribution is 2.30. The number of piperidine rings is 1. The number of carbonyl (C=O) groups is 2. The number of piperazine rings is 1. The molecule has 1 amide bonds. The Balaban J connectivity index is 1.06. The van der Waals surface area contributed by atoms with E-state index in [2.05, 4.69) is 62.1 Å². The van der Waals surface area contributed by atoms with Gasteiger partial charge in [0.2, 0.25) is 5.91 Å². The number of Topliss-reactive ketones (excluding diaryl/α,β-unsaturated/α-hetero) is 1. The molecular formula is C35H44N4O3. The molecule has 0 radical (unpaired) electrons. The number of rotatable bonds is 8. The lowest BCUT2D eigenvalue weighted by Gasteiger charge is -2.45. The molecule has 6 rings (SSSR count). The number of anilines is 1. The van der Waals surface area contributed by atoms with Crippen LogP contribution >= 0.6 is 0 Å². The van der Waals surface area contributed by atoms with E-state index in [9.17, 15) is 9.59 Å². The highest BCUT2D eigenvalue weighted by atomic mass is 16.5. The molecule has 2 atom stereocenters. The van der Waals surface area contributed by atoms with Crippen LogP contribution in [0.25, 0.3) is 10.8 Å². The van der Waals surface area contributed by atoms with Crippen molar-refractivity contribution in [3.63, 3.8) is 0 Å². The predicted octanol–water partition coefficient (Wildman–Crippen LogP) is 4.69. The molecule has 0 aromatic heterocycles. The molecule has 3 aliphatic heterocycles. The third-order valence-corrected chi connectivity index (χ3v) is 9.57. The third kappa shape index (κ3) is 6.69. The zero-order valence-corrected chi connectivity index (χ0v) is 24.9. The summed E-state index contributed by atoms with van der Waals surface area (Å²) in [4.78, 5) is 34.7. The van der Waals surface area contributed by atoms with E-state index in [1.165, 1.54) is 16.3 Å². The molecule has 3 aromatic carbocycles. The van der Waals surface area contributed by atoms with Crippen LogP contribution in [0.2, 0.25) is 0 Å². The Morgan fingerprint density at radius 3 is 2.33 bits per heavy atom. The first-order valence-electron chi connectivity index (χ1n) is 15.7. The van der Waals surface area contributed by atoms with Crippen molar-refractivity contribution in [3.8, 4) is 0 Å². The summed E-state index contributed by atoms with van der Waals surface area (Å²) in [6.45, 7) is 11.4. The van der Waals surface area contributed by atoms with Crippen LogP contribution in [0.1, 0.15) is 42.1 Å². The fourth-order valence-electron chi connectivity index (χ4n) is 7.17. The topological polar surface area (TPSA) is 56.3 Å². The molecule has 3 aliphatic rings. The lowest BCUT2D eigenvalue weighted by molar-refractivity contribution is -0.132. The molecule has 0 aliphatic carbocycles. The molecule has 7 nitrogen and oxygen atoms in total. The molecule has 0 bridgehead atoms. The van der Waals surface area contributed by atoms with Crippen LogP contribution in [0.5, 0.6) is 0 Å². The smallest absolute Gasteiger partial charge is 0.222 e. The molecule has 0 spiro atoms. The van der Waals surface area contributed by atoms with Gasteiger partial charge in [0.15, 0.2) is 5.78 Å². The van der Waals surface area contributed by atoms with Gasteiger partial charge in [-0.2, -0.15) is 0 Å².